The first-order chi connectivity index (χ1) is 13.1. The number of hydrogen-bond donors (Lipinski definition) is 1. The number of carbonyl (C=O) groups is 1. The van der Waals surface area contributed by atoms with Crippen LogP contribution in [-0.2, 0) is 0 Å². The van der Waals surface area contributed by atoms with E-state index in [-0.39, 0.29) is 6.03 Å². The van der Waals surface area contributed by atoms with Crippen LogP contribution in [0.2, 0.25) is 5.02 Å². The minimum atomic E-state index is -0.242. The summed E-state index contributed by atoms with van der Waals surface area (Å²) in [5.41, 5.74) is 0.724. The lowest BCUT2D eigenvalue weighted by Gasteiger charge is -2.17. The Kier molecular flexibility index (Phi) is 11.5. The lowest BCUT2D eigenvalue weighted by molar-refractivity contribution is 0.199. The maximum absolute atomic E-state index is 12.4. The summed E-state index contributed by atoms with van der Waals surface area (Å²) >= 11 is 12.0. The molecule has 2 rings (SSSR count). The quantitative estimate of drug-likeness (QED) is 0.344. The van der Waals surface area contributed by atoms with Crippen molar-refractivity contribution in [3.63, 3.8) is 0 Å². The molecule has 2 amide bonds. The van der Waals surface area contributed by atoms with E-state index in [1.807, 2.05) is 32.9 Å². The predicted molar refractivity (Wildman–Crippen MR) is 114 cm³/mol. The van der Waals surface area contributed by atoms with E-state index in [1.54, 1.807) is 30.8 Å². The second kappa shape index (κ2) is 13.3. The van der Waals surface area contributed by atoms with Crippen molar-refractivity contribution in [2.45, 2.75) is 40.0 Å². The van der Waals surface area contributed by atoms with Gasteiger partial charge in [-0.25, -0.2) is 9.80 Å². The first kappa shape index (κ1) is 23.2. The van der Waals surface area contributed by atoms with Gasteiger partial charge >= 0.3 is 6.03 Å². The van der Waals surface area contributed by atoms with Crippen molar-refractivity contribution in [3.8, 4) is 0 Å². The van der Waals surface area contributed by atoms with E-state index in [2.05, 4.69) is 15.4 Å². The molecule has 0 unspecified atom stereocenters. The molecule has 0 aromatic carbocycles. The summed E-state index contributed by atoms with van der Waals surface area (Å²) in [6.07, 6.45) is 13.4. The van der Waals surface area contributed by atoms with Crippen molar-refractivity contribution in [1.29, 1.82) is 0 Å². The third kappa shape index (κ3) is 9.59. The predicted octanol–water partition coefficient (Wildman–Crippen LogP) is 5.61. The van der Waals surface area contributed by atoms with Crippen LogP contribution < -0.4 is 5.32 Å². The standard InChI is InChI=1S/C18H22Cl2N4O.C2H6/c1-2-4-16(19)5-3-9-22-18(25)24(13-14-6-7-14)23-11-15-8-10-21-12-17(15)20;1-2/h3-5,8,10-12,14H,2,6-7,9,13H2,1H3,(H,22,25);1-2H3/b5-3-,16-4+,23-11+;. The topological polar surface area (TPSA) is 57.6 Å². The van der Waals surface area contributed by atoms with E-state index in [1.165, 1.54) is 5.01 Å². The second-order valence-corrected chi connectivity index (χ2v) is 6.60. The maximum Gasteiger partial charge on any atom is 0.338 e. The lowest BCUT2D eigenvalue weighted by atomic mass is 10.3. The largest absolute Gasteiger partial charge is 0.338 e. The minimum absolute atomic E-state index is 0.242. The zero-order valence-electron chi connectivity index (χ0n) is 16.2. The summed E-state index contributed by atoms with van der Waals surface area (Å²) in [6.45, 7) is 7.01. The van der Waals surface area contributed by atoms with Gasteiger partial charge in [0.05, 0.1) is 11.2 Å². The van der Waals surface area contributed by atoms with Crippen molar-refractivity contribution < 1.29 is 4.79 Å². The summed E-state index contributed by atoms with van der Waals surface area (Å²) in [7, 11) is 0. The highest BCUT2D eigenvalue weighted by molar-refractivity contribution is 6.33. The Hall–Kier alpha value is -1.85. The molecule has 0 atom stereocenters. The van der Waals surface area contributed by atoms with Crippen molar-refractivity contribution in [3.05, 3.63) is 52.3 Å². The van der Waals surface area contributed by atoms with Gasteiger partial charge in [0.1, 0.15) is 0 Å². The van der Waals surface area contributed by atoms with Crippen LogP contribution in [0.5, 0.6) is 0 Å². The number of hydrazone groups is 1. The van der Waals surface area contributed by atoms with E-state index < -0.39 is 0 Å². The van der Waals surface area contributed by atoms with Crippen molar-refractivity contribution in [2.75, 3.05) is 13.1 Å². The number of carbonyl (C=O) groups excluding carboxylic acids is 1. The molecule has 1 aliphatic rings. The van der Waals surface area contributed by atoms with Gasteiger partial charge in [-0.1, -0.05) is 56.1 Å². The first-order valence-electron chi connectivity index (χ1n) is 9.31. The molecule has 5 nitrogen and oxygen atoms in total. The van der Waals surface area contributed by atoms with Gasteiger partial charge in [-0.3, -0.25) is 4.98 Å². The van der Waals surface area contributed by atoms with Gasteiger partial charge in [0, 0.05) is 36.1 Å². The highest BCUT2D eigenvalue weighted by Gasteiger charge is 2.26. The summed E-state index contributed by atoms with van der Waals surface area (Å²) < 4.78 is 0. The van der Waals surface area contributed by atoms with Gasteiger partial charge in [-0.15, -0.1) is 0 Å². The highest BCUT2D eigenvalue weighted by Crippen LogP contribution is 2.29. The number of allylic oxidation sites excluding steroid dienone is 3. The summed E-state index contributed by atoms with van der Waals surface area (Å²) in [5, 5.41) is 9.73. The zero-order chi connectivity index (χ0) is 20.1. The molecule has 1 heterocycles. The summed E-state index contributed by atoms with van der Waals surface area (Å²) in [6, 6.07) is 1.51. The number of nitrogens with one attached hydrogen (secondary N) is 1. The molecule has 1 saturated carbocycles. The maximum atomic E-state index is 12.4. The molecule has 1 fully saturated rings. The smallest absolute Gasteiger partial charge is 0.333 e. The molecule has 1 N–H and O–H groups in total. The fourth-order valence-corrected chi connectivity index (χ4v) is 2.43. The zero-order valence-corrected chi connectivity index (χ0v) is 17.7. The van der Waals surface area contributed by atoms with Crippen LogP contribution >= 0.6 is 23.2 Å². The highest BCUT2D eigenvalue weighted by atomic mass is 35.5. The normalized spacial score (nSPS) is 14.2. The van der Waals surface area contributed by atoms with Crippen LogP contribution in [0.4, 0.5) is 4.79 Å². The van der Waals surface area contributed by atoms with Crippen LogP contribution in [0.3, 0.4) is 0 Å². The van der Waals surface area contributed by atoms with Crippen LogP contribution in [-0.4, -0.2) is 35.3 Å². The van der Waals surface area contributed by atoms with Crippen molar-refractivity contribution >= 4 is 35.4 Å². The minimum Gasteiger partial charge on any atom is -0.333 e. The third-order valence-electron chi connectivity index (χ3n) is 3.55. The van der Waals surface area contributed by atoms with Crippen LogP contribution in [0.25, 0.3) is 0 Å². The number of rotatable bonds is 8. The molecule has 27 heavy (non-hydrogen) atoms. The van der Waals surface area contributed by atoms with Gasteiger partial charge in [0.25, 0.3) is 0 Å². The van der Waals surface area contributed by atoms with Gasteiger partial charge in [-0.05, 0) is 37.3 Å². The molecular weight excluding hydrogens is 383 g/mol. The molecule has 7 heteroatoms. The molecule has 1 aromatic heterocycles. The average molecular weight is 411 g/mol. The Labute approximate surface area is 172 Å². The van der Waals surface area contributed by atoms with E-state index in [9.17, 15) is 4.79 Å². The molecule has 0 aliphatic heterocycles. The third-order valence-corrected chi connectivity index (χ3v) is 4.15. The summed E-state index contributed by atoms with van der Waals surface area (Å²) in [5.74, 6) is 0.522. The average Bonchev–Trinajstić information content (AvgIpc) is 3.49. The number of aromatic nitrogens is 1. The Morgan fingerprint density at radius 3 is 2.81 bits per heavy atom. The molecule has 1 aliphatic carbocycles. The lowest BCUT2D eigenvalue weighted by Crippen LogP contribution is -2.38. The molecule has 0 radical (unpaired) electrons. The van der Waals surface area contributed by atoms with Gasteiger partial charge in [-0.2, -0.15) is 5.10 Å². The number of nitrogens with zero attached hydrogens (tertiary/aromatic N) is 3. The van der Waals surface area contributed by atoms with Gasteiger partial charge in [0.2, 0.25) is 0 Å². The van der Waals surface area contributed by atoms with Crippen molar-refractivity contribution in [2.24, 2.45) is 11.0 Å². The molecule has 0 bridgehead atoms. The van der Waals surface area contributed by atoms with E-state index >= 15 is 0 Å². The van der Waals surface area contributed by atoms with E-state index in [4.69, 9.17) is 23.2 Å². The Balaban J connectivity index is 0.00000176. The second-order valence-electron chi connectivity index (χ2n) is 5.75. The Morgan fingerprint density at radius 2 is 2.19 bits per heavy atom. The number of amides is 2. The van der Waals surface area contributed by atoms with Gasteiger partial charge in [0.15, 0.2) is 0 Å². The molecule has 0 spiro atoms. The van der Waals surface area contributed by atoms with Crippen molar-refractivity contribution in [1.82, 2.24) is 15.3 Å². The molecule has 148 valence electrons. The number of pyridine rings is 1. The van der Waals surface area contributed by atoms with Crippen LogP contribution in [0.15, 0.2) is 46.8 Å². The Bertz CT molecular complexity index is 670. The number of urea groups is 1. The van der Waals surface area contributed by atoms with Gasteiger partial charge < -0.3 is 5.32 Å². The van der Waals surface area contributed by atoms with E-state index in [0.29, 0.717) is 29.1 Å². The number of hydrogen-bond acceptors (Lipinski definition) is 3. The Morgan fingerprint density at radius 1 is 1.44 bits per heavy atom. The first-order valence-corrected chi connectivity index (χ1v) is 10.1. The molecular formula is C20H28Cl2N4O. The van der Waals surface area contributed by atoms with Crippen LogP contribution in [0, 0.1) is 5.92 Å². The molecule has 0 saturated heterocycles. The fourth-order valence-electron chi connectivity index (χ4n) is 2.02. The monoisotopic (exact) mass is 410 g/mol. The molecule has 1 aromatic rings. The van der Waals surface area contributed by atoms with Crippen LogP contribution in [0.1, 0.15) is 45.6 Å². The SMILES string of the molecule is CC.CC/C=C(Cl)\C=C/CNC(=O)N(CC1CC1)/N=C/c1ccncc1Cl. The summed E-state index contributed by atoms with van der Waals surface area (Å²) in [4.78, 5) is 16.3. The number of halogens is 2. The fraction of sp³-hybridized carbons (Fsp3) is 0.450. The van der Waals surface area contributed by atoms with E-state index in [0.717, 1.165) is 24.8 Å².